The fourth-order valence-electron chi connectivity index (χ4n) is 3.19. The number of ether oxygens (including phenoxy) is 2. The molecule has 8 heteroatoms. The highest BCUT2D eigenvalue weighted by Gasteiger charge is 2.12. The molecule has 0 radical (unpaired) electrons. The minimum absolute atomic E-state index is 0.359. The monoisotopic (exact) mass is 445 g/mol. The number of carbonyl (C=O) groups is 1. The lowest BCUT2D eigenvalue weighted by Crippen LogP contribution is -2.17. The molecule has 0 saturated heterocycles. The van der Waals surface area contributed by atoms with Gasteiger partial charge >= 0.3 is 0 Å². The number of hydrogen-bond acceptors (Lipinski definition) is 4. The molecule has 0 aliphatic heterocycles. The van der Waals surface area contributed by atoms with E-state index in [0.29, 0.717) is 27.1 Å². The lowest BCUT2D eigenvalue weighted by molar-refractivity contribution is 0.0954. The van der Waals surface area contributed by atoms with Crippen LogP contribution < -0.4 is 14.9 Å². The Morgan fingerprint density at radius 1 is 1.00 bits per heavy atom. The van der Waals surface area contributed by atoms with E-state index in [0.717, 1.165) is 22.6 Å². The molecule has 0 saturated carbocycles. The third kappa shape index (κ3) is 4.61. The van der Waals surface area contributed by atoms with Crippen LogP contribution in [0.25, 0.3) is 5.69 Å². The number of aromatic nitrogens is 1. The van der Waals surface area contributed by atoms with E-state index in [-0.39, 0.29) is 5.91 Å². The summed E-state index contributed by atoms with van der Waals surface area (Å²) in [4.78, 5) is 12.4. The molecule has 0 atom stereocenters. The van der Waals surface area contributed by atoms with E-state index >= 15 is 0 Å². The molecule has 2 aromatic carbocycles. The van der Waals surface area contributed by atoms with E-state index in [4.69, 9.17) is 32.7 Å². The Balaban J connectivity index is 1.79. The fourth-order valence-corrected chi connectivity index (χ4v) is 3.70. The molecule has 0 unspecified atom stereocenters. The van der Waals surface area contributed by atoms with Crippen molar-refractivity contribution in [1.82, 2.24) is 9.99 Å². The predicted octanol–water partition coefficient (Wildman–Crippen LogP) is 5.18. The Morgan fingerprint density at radius 2 is 1.67 bits per heavy atom. The Kier molecular flexibility index (Phi) is 6.70. The Labute approximate surface area is 185 Å². The normalized spacial score (nSPS) is 11.0. The van der Waals surface area contributed by atoms with Gasteiger partial charge in [0.15, 0.2) is 11.5 Å². The van der Waals surface area contributed by atoms with Gasteiger partial charge in [-0.3, -0.25) is 4.79 Å². The van der Waals surface area contributed by atoms with Gasteiger partial charge in [0, 0.05) is 38.2 Å². The van der Waals surface area contributed by atoms with Crippen molar-refractivity contribution in [3.8, 4) is 17.2 Å². The first-order valence-corrected chi connectivity index (χ1v) is 9.80. The van der Waals surface area contributed by atoms with Crippen molar-refractivity contribution in [2.24, 2.45) is 5.10 Å². The number of hydrogen-bond donors (Lipinski definition) is 1. The molecule has 1 aromatic heterocycles. The minimum Gasteiger partial charge on any atom is -0.493 e. The van der Waals surface area contributed by atoms with Crippen molar-refractivity contribution in [1.29, 1.82) is 0 Å². The molecule has 30 heavy (non-hydrogen) atoms. The molecule has 1 amide bonds. The standard InChI is InChI=1S/C22H21Cl2N3O3/c1-13-7-16(14(2)27(13)19-10-17(23)9-18(24)11-19)12-25-26-22(28)15-5-6-20(29-3)21(8-15)30-4/h5-12H,1-4H3,(H,26,28)/b25-12+. The highest BCUT2D eigenvalue weighted by molar-refractivity contribution is 6.34. The Hall–Kier alpha value is -2.96. The van der Waals surface area contributed by atoms with E-state index in [1.54, 1.807) is 30.5 Å². The highest BCUT2D eigenvalue weighted by atomic mass is 35.5. The zero-order chi connectivity index (χ0) is 21.8. The van der Waals surface area contributed by atoms with Gasteiger partial charge < -0.3 is 14.0 Å². The van der Waals surface area contributed by atoms with Crippen LogP contribution in [0.15, 0.2) is 47.6 Å². The molecule has 3 aromatic rings. The maximum atomic E-state index is 12.4. The average Bonchev–Trinajstić information content (AvgIpc) is 2.99. The van der Waals surface area contributed by atoms with Crippen LogP contribution in [0.5, 0.6) is 11.5 Å². The molecule has 0 bridgehead atoms. The molecule has 1 N–H and O–H groups in total. The largest absolute Gasteiger partial charge is 0.493 e. The Bertz CT molecular complexity index is 1100. The predicted molar refractivity (Wildman–Crippen MR) is 120 cm³/mol. The molecule has 3 rings (SSSR count). The topological polar surface area (TPSA) is 64.8 Å². The van der Waals surface area contributed by atoms with E-state index in [2.05, 4.69) is 10.5 Å². The molecule has 1 heterocycles. The smallest absolute Gasteiger partial charge is 0.271 e. The third-order valence-corrected chi connectivity index (χ3v) is 5.03. The van der Waals surface area contributed by atoms with Crippen molar-refractivity contribution in [2.45, 2.75) is 13.8 Å². The molecular formula is C22H21Cl2N3O3. The molecule has 0 aliphatic carbocycles. The van der Waals surface area contributed by atoms with Gasteiger partial charge in [0.2, 0.25) is 0 Å². The second-order valence-electron chi connectivity index (χ2n) is 6.56. The van der Waals surface area contributed by atoms with Crippen molar-refractivity contribution in [3.05, 3.63) is 75.0 Å². The van der Waals surface area contributed by atoms with Crippen molar-refractivity contribution < 1.29 is 14.3 Å². The second-order valence-corrected chi connectivity index (χ2v) is 7.43. The van der Waals surface area contributed by atoms with Gasteiger partial charge in [-0.25, -0.2) is 5.43 Å². The lowest BCUT2D eigenvalue weighted by Gasteiger charge is -2.10. The number of benzene rings is 2. The van der Waals surface area contributed by atoms with Crippen LogP contribution in [0, 0.1) is 13.8 Å². The first-order valence-electron chi connectivity index (χ1n) is 9.05. The van der Waals surface area contributed by atoms with Crippen LogP contribution >= 0.6 is 23.2 Å². The maximum Gasteiger partial charge on any atom is 0.271 e. The second kappa shape index (κ2) is 9.24. The number of halogens is 2. The van der Waals surface area contributed by atoms with Gasteiger partial charge in [-0.15, -0.1) is 0 Å². The van der Waals surface area contributed by atoms with E-state index in [9.17, 15) is 4.79 Å². The minimum atomic E-state index is -0.359. The zero-order valence-electron chi connectivity index (χ0n) is 17.0. The van der Waals surface area contributed by atoms with E-state index in [1.807, 2.05) is 36.6 Å². The number of hydrazone groups is 1. The number of rotatable bonds is 6. The summed E-state index contributed by atoms with van der Waals surface area (Å²) in [6.45, 7) is 3.93. The summed E-state index contributed by atoms with van der Waals surface area (Å²) < 4.78 is 12.4. The molecular weight excluding hydrogens is 425 g/mol. The summed E-state index contributed by atoms with van der Waals surface area (Å²) in [5.41, 5.74) is 6.58. The fraction of sp³-hybridized carbons (Fsp3) is 0.182. The number of nitrogens with zero attached hydrogens (tertiary/aromatic N) is 2. The van der Waals surface area contributed by atoms with Gasteiger partial charge in [0.1, 0.15) is 0 Å². The average molecular weight is 446 g/mol. The van der Waals surface area contributed by atoms with Crippen molar-refractivity contribution in [2.75, 3.05) is 14.2 Å². The molecule has 0 aliphatic rings. The summed E-state index contributed by atoms with van der Waals surface area (Å²) in [5.74, 6) is 0.659. The summed E-state index contributed by atoms with van der Waals surface area (Å²) in [6.07, 6.45) is 1.60. The van der Waals surface area contributed by atoms with Gasteiger partial charge in [0.25, 0.3) is 5.91 Å². The van der Waals surface area contributed by atoms with Gasteiger partial charge in [-0.1, -0.05) is 23.2 Å². The number of nitrogens with one attached hydrogen (secondary N) is 1. The molecule has 6 nitrogen and oxygen atoms in total. The lowest BCUT2D eigenvalue weighted by atomic mass is 10.2. The quantitative estimate of drug-likeness (QED) is 0.419. The van der Waals surface area contributed by atoms with Crippen molar-refractivity contribution in [3.63, 3.8) is 0 Å². The number of aryl methyl sites for hydroxylation is 1. The van der Waals surface area contributed by atoms with Crippen LogP contribution in [0.4, 0.5) is 0 Å². The summed E-state index contributed by atoms with van der Waals surface area (Å²) in [6, 6.07) is 12.2. The third-order valence-electron chi connectivity index (χ3n) is 4.59. The van der Waals surface area contributed by atoms with Crippen molar-refractivity contribution >= 4 is 35.3 Å². The first-order chi connectivity index (χ1) is 14.3. The highest BCUT2D eigenvalue weighted by Crippen LogP contribution is 2.28. The number of carbonyl (C=O) groups excluding carboxylic acids is 1. The SMILES string of the molecule is COc1ccc(C(=O)N/N=C/c2cc(C)n(-c3cc(Cl)cc(Cl)c3)c2C)cc1OC. The summed E-state index contributed by atoms with van der Waals surface area (Å²) in [5, 5.41) is 5.21. The van der Waals surface area contributed by atoms with E-state index < -0.39 is 0 Å². The number of amides is 1. The maximum absolute atomic E-state index is 12.4. The van der Waals surface area contributed by atoms with Crippen LogP contribution in [-0.4, -0.2) is 30.9 Å². The van der Waals surface area contributed by atoms with Crippen LogP contribution in [0.1, 0.15) is 27.3 Å². The molecule has 0 fully saturated rings. The van der Waals surface area contributed by atoms with Gasteiger partial charge in [0.05, 0.1) is 20.4 Å². The summed E-state index contributed by atoms with van der Waals surface area (Å²) in [7, 11) is 3.05. The van der Waals surface area contributed by atoms with Gasteiger partial charge in [-0.2, -0.15) is 5.10 Å². The van der Waals surface area contributed by atoms with Crippen LogP contribution in [0.2, 0.25) is 10.0 Å². The van der Waals surface area contributed by atoms with Crippen LogP contribution in [0.3, 0.4) is 0 Å². The molecule has 156 valence electrons. The molecule has 0 spiro atoms. The Morgan fingerprint density at radius 3 is 2.30 bits per heavy atom. The van der Waals surface area contributed by atoms with Gasteiger partial charge in [-0.05, 0) is 56.3 Å². The zero-order valence-corrected chi connectivity index (χ0v) is 18.5. The number of methoxy groups -OCH3 is 2. The first kappa shape index (κ1) is 21.7. The van der Waals surface area contributed by atoms with E-state index in [1.165, 1.54) is 14.2 Å². The van der Waals surface area contributed by atoms with Crippen LogP contribution in [-0.2, 0) is 0 Å². The summed E-state index contributed by atoms with van der Waals surface area (Å²) >= 11 is 12.3.